The fourth-order valence-electron chi connectivity index (χ4n) is 3.43. The van der Waals surface area contributed by atoms with E-state index in [1.165, 1.54) is 21.5 Å². The highest BCUT2D eigenvalue weighted by molar-refractivity contribution is 6.33. The van der Waals surface area contributed by atoms with Crippen molar-refractivity contribution in [2.75, 3.05) is 0 Å². The van der Waals surface area contributed by atoms with Gasteiger partial charge in [0.05, 0.1) is 29.0 Å². The van der Waals surface area contributed by atoms with Crippen LogP contribution < -0.4 is 0 Å². The first-order chi connectivity index (χ1) is 14.3. The van der Waals surface area contributed by atoms with Gasteiger partial charge in [0.15, 0.2) is 0 Å². The molecule has 0 saturated carbocycles. The Morgan fingerprint density at radius 2 is 1.17 bits per heavy atom. The summed E-state index contributed by atoms with van der Waals surface area (Å²) in [6.07, 6.45) is 6.51. The van der Waals surface area contributed by atoms with Gasteiger partial charge in [0.2, 0.25) is 0 Å². The smallest absolute Gasteiger partial charge is 0.0780 e. The monoisotopic (exact) mass is 373 g/mol. The van der Waals surface area contributed by atoms with Gasteiger partial charge >= 0.3 is 0 Å². The molecule has 0 spiro atoms. The molecule has 29 heavy (non-hydrogen) atoms. The average Bonchev–Trinajstić information content (AvgIpc) is 3.24. The van der Waals surface area contributed by atoms with E-state index in [9.17, 15) is 0 Å². The Hall–Kier alpha value is -3.85. The fourth-order valence-corrected chi connectivity index (χ4v) is 3.43. The van der Waals surface area contributed by atoms with Crippen molar-refractivity contribution in [2.24, 2.45) is 15.0 Å². The molecule has 4 aromatic rings. The van der Waals surface area contributed by atoms with Crippen LogP contribution in [0.15, 0.2) is 112 Å². The third-order valence-electron chi connectivity index (χ3n) is 4.97. The highest BCUT2D eigenvalue weighted by Gasteiger charge is 2.05. The molecule has 0 atom stereocenters. The quantitative estimate of drug-likeness (QED) is 0.352. The number of nitrogens with zero attached hydrogens (tertiary/aromatic N) is 3. The van der Waals surface area contributed by atoms with Crippen molar-refractivity contribution in [1.82, 2.24) is 0 Å². The number of hydrogen-bond donors (Lipinski definition) is 0. The van der Waals surface area contributed by atoms with Gasteiger partial charge in [-0.1, -0.05) is 66.7 Å². The minimum absolute atomic E-state index is 0.774. The van der Waals surface area contributed by atoms with E-state index in [4.69, 9.17) is 0 Å². The second-order valence-electron chi connectivity index (χ2n) is 7.02. The van der Waals surface area contributed by atoms with Crippen LogP contribution in [0.1, 0.15) is 6.42 Å². The van der Waals surface area contributed by atoms with Crippen LogP contribution in [0.25, 0.3) is 21.5 Å². The molecule has 3 nitrogen and oxygen atoms in total. The maximum atomic E-state index is 4.62. The molecule has 0 N–H and O–H groups in total. The minimum Gasteiger partial charge on any atom is -0.255 e. The SMILES string of the molecule is C(=Nc1ccc2ccccc2c1)C1=CCC(C=Nc2ccc3ccccc3c2)=N1. The molecule has 138 valence electrons. The highest BCUT2D eigenvalue weighted by atomic mass is 14.8. The van der Waals surface area contributed by atoms with Gasteiger partial charge in [-0.15, -0.1) is 0 Å². The van der Waals surface area contributed by atoms with Crippen LogP contribution in [0.2, 0.25) is 0 Å². The van der Waals surface area contributed by atoms with Crippen LogP contribution in [0.3, 0.4) is 0 Å². The Morgan fingerprint density at radius 3 is 1.79 bits per heavy atom. The number of allylic oxidation sites excluding steroid dienone is 2. The lowest BCUT2D eigenvalue weighted by Gasteiger charge is -1.99. The van der Waals surface area contributed by atoms with Crippen molar-refractivity contribution in [3.63, 3.8) is 0 Å². The molecule has 1 aliphatic rings. The predicted molar refractivity (Wildman–Crippen MR) is 124 cm³/mol. The zero-order valence-electron chi connectivity index (χ0n) is 15.9. The Bertz CT molecular complexity index is 1330. The van der Waals surface area contributed by atoms with E-state index in [0.717, 1.165) is 29.2 Å². The van der Waals surface area contributed by atoms with Crippen LogP contribution >= 0.6 is 0 Å². The molecular weight excluding hydrogens is 354 g/mol. The summed E-state index contributed by atoms with van der Waals surface area (Å²) in [5.74, 6) is 0. The third-order valence-corrected chi connectivity index (χ3v) is 4.97. The third kappa shape index (κ3) is 3.90. The van der Waals surface area contributed by atoms with Crippen LogP contribution in [-0.2, 0) is 0 Å². The molecule has 0 unspecified atom stereocenters. The van der Waals surface area contributed by atoms with E-state index in [1.54, 1.807) is 0 Å². The zero-order chi connectivity index (χ0) is 19.5. The molecule has 3 heteroatoms. The topological polar surface area (TPSA) is 37.1 Å². The molecule has 0 radical (unpaired) electrons. The van der Waals surface area contributed by atoms with Gasteiger partial charge in [-0.2, -0.15) is 0 Å². The van der Waals surface area contributed by atoms with E-state index in [-0.39, 0.29) is 0 Å². The van der Waals surface area contributed by atoms with E-state index in [1.807, 2.05) is 48.8 Å². The van der Waals surface area contributed by atoms with Crippen molar-refractivity contribution in [3.8, 4) is 0 Å². The van der Waals surface area contributed by atoms with Gasteiger partial charge in [-0.25, -0.2) is 0 Å². The molecule has 0 amide bonds. The van der Waals surface area contributed by atoms with E-state index in [0.29, 0.717) is 0 Å². The largest absolute Gasteiger partial charge is 0.255 e. The normalized spacial score (nSPS) is 14.2. The van der Waals surface area contributed by atoms with Crippen LogP contribution in [0.5, 0.6) is 0 Å². The van der Waals surface area contributed by atoms with E-state index in [2.05, 4.69) is 69.6 Å². The first-order valence-electron chi connectivity index (χ1n) is 9.67. The Kier molecular flexibility index (Phi) is 4.55. The standard InChI is InChI=1S/C26H19N3/c1-3-7-21-15-23(11-9-19(21)5-1)27-17-25-13-14-26(29-25)18-28-24-12-10-20-6-2-4-8-22(20)16-24/h1-13,15-18H,14H2. The number of fused-ring (bicyclic) bond motifs is 2. The first kappa shape index (κ1) is 17.3. The van der Waals surface area contributed by atoms with Gasteiger partial charge in [0.25, 0.3) is 0 Å². The number of rotatable bonds is 4. The maximum Gasteiger partial charge on any atom is 0.0780 e. The molecule has 0 fully saturated rings. The van der Waals surface area contributed by atoms with Gasteiger partial charge < -0.3 is 0 Å². The molecule has 0 aromatic heterocycles. The first-order valence-corrected chi connectivity index (χ1v) is 9.67. The summed E-state index contributed by atoms with van der Waals surface area (Å²) in [6.45, 7) is 0. The maximum absolute atomic E-state index is 4.62. The van der Waals surface area contributed by atoms with Gasteiger partial charge in [0, 0.05) is 12.6 Å². The van der Waals surface area contributed by atoms with Gasteiger partial charge in [0.1, 0.15) is 0 Å². The summed E-state index contributed by atoms with van der Waals surface area (Å²) < 4.78 is 0. The molecular formula is C26H19N3. The number of benzene rings is 4. The number of hydrogen-bond acceptors (Lipinski definition) is 3. The van der Waals surface area contributed by atoms with Crippen molar-refractivity contribution in [2.45, 2.75) is 6.42 Å². The fraction of sp³-hybridized carbons (Fsp3) is 0.0385. The summed E-state index contributed by atoms with van der Waals surface area (Å²) in [5.41, 5.74) is 3.68. The minimum atomic E-state index is 0.774. The second-order valence-corrected chi connectivity index (χ2v) is 7.02. The predicted octanol–water partition coefficient (Wildman–Crippen LogP) is 6.83. The van der Waals surface area contributed by atoms with Crippen molar-refractivity contribution in [3.05, 3.63) is 96.7 Å². The molecule has 0 bridgehead atoms. The van der Waals surface area contributed by atoms with Crippen molar-refractivity contribution in [1.29, 1.82) is 0 Å². The van der Waals surface area contributed by atoms with Crippen LogP contribution in [0.4, 0.5) is 11.4 Å². The summed E-state index contributed by atoms with van der Waals surface area (Å²) in [5, 5.41) is 4.82. The molecule has 0 aliphatic carbocycles. The Balaban J connectivity index is 1.29. The molecule has 0 saturated heterocycles. The van der Waals surface area contributed by atoms with E-state index < -0.39 is 0 Å². The van der Waals surface area contributed by atoms with Crippen LogP contribution in [-0.4, -0.2) is 18.1 Å². The van der Waals surface area contributed by atoms with Crippen molar-refractivity contribution >= 4 is 51.1 Å². The average molecular weight is 373 g/mol. The Morgan fingerprint density at radius 1 is 0.621 bits per heavy atom. The molecule has 1 aliphatic heterocycles. The number of aliphatic imine (C=N–C) groups is 3. The summed E-state index contributed by atoms with van der Waals surface area (Å²) in [4.78, 5) is 13.8. The van der Waals surface area contributed by atoms with Crippen LogP contribution in [0, 0.1) is 0 Å². The lowest BCUT2D eigenvalue weighted by Crippen LogP contribution is -1.93. The second kappa shape index (κ2) is 7.64. The Labute approximate surface area is 169 Å². The summed E-state index contributed by atoms with van der Waals surface area (Å²) >= 11 is 0. The van der Waals surface area contributed by atoms with Gasteiger partial charge in [-0.3, -0.25) is 15.0 Å². The van der Waals surface area contributed by atoms with Crippen molar-refractivity contribution < 1.29 is 0 Å². The lowest BCUT2D eigenvalue weighted by atomic mass is 10.1. The summed E-state index contributed by atoms with van der Waals surface area (Å²) in [6, 6.07) is 29.0. The summed E-state index contributed by atoms with van der Waals surface area (Å²) in [7, 11) is 0. The molecule has 5 rings (SSSR count). The zero-order valence-corrected chi connectivity index (χ0v) is 15.9. The molecule has 1 heterocycles. The van der Waals surface area contributed by atoms with E-state index >= 15 is 0 Å². The lowest BCUT2D eigenvalue weighted by molar-refractivity contribution is 1.48. The highest BCUT2D eigenvalue weighted by Crippen LogP contribution is 2.22. The van der Waals surface area contributed by atoms with Gasteiger partial charge in [-0.05, 0) is 45.8 Å². The molecule has 4 aromatic carbocycles.